The lowest BCUT2D eigenvalue weighted by molar-refractivity contribution is -0.141. The van der Waals surface area contributed by atoms with E-state index < -0.39 is 0 Å². The van der Waals surface area contributed by atoms with Crippen LogP contribution < -0.4 is 5.32 Å². The number of carbonyl (C=O) groups is 2. The Morgan fingerprint density at radius 3 is 2.74 bits per heavy atom. The number of dihydropyridines is 1. The quantitative estimate of drug-likeness (QED) is 0.689. The van der Waals surface area contributed by atoms with Crippen LogP contribution in [0, 0.1) is 0 Å². The number of carbonyl (C=O) groups excluding carboxylic acids is 2. The van der Waals surface area contributed by atoms with E-state index in [1.54, 1.807) is 24.4 Å². The highest BCUT2D eigenvalue weighted by atomic mass is 16.5. The van der Waals surface area contributed by atoms with Gasteiger partial charge >= 0.3 is 0 Å². The lowest BCUT2D eigenvalue weighted by atomic mass is 9.91. The van der Waals surface area contributed by atoms with Crippen molar-refractivity contribution in [2.75, 3.05) is 26.7 Å². The van der Waals surface area contributed by atoms with Crippen molar-refractivity contribution in [1.29, 1.82) is 0 Å². The standard InChI is InChI=1S/C23H29N5O3/c1-14-13-27(9-10-28(14)23(30)18-7-5-6-8-24-18)22(29)15(2)17-11-26-21-16(3)25-12-19(31-4)20(17)21/h5-6,8,11-12,14,16,18,21,25H,2,7,9-10,13H2,1,3-4H3. The Kier molecular flexibility index (Phi) is 5.80. The van der Waals surface area contributed by atoms with Crippen LogP contribution >= 0.6 is 0 Å². The first-order valence-corrected chi connectivity index (χ1v) is 10.7. The molecule has 1 fully saturated rings. The molecule has 8 heteroatoms. The summed E-state index contributed by atoms with van der Waals surface area (Å²) in [5, 5.41) is 3.24. The minimum atomic E-state index is -0.357. The summed E-state index contributed by atoms with van der Waals surface area (Å²) in [6.45, 7) is 9.53. The predicted molar refractivity (Wildman–Crippen MR) is 120 cm³/mol. The van der Waals surface area contributed by atoms with Crippen molar-refractivity contribution in [2.45, 2.75) is 44.4 Å². The van der Waals surface area contributed by atoms with E-state index in [4.69, 9.17) is 4.74 Å². The Labute approximate surface area is 182 Å². The number of rotatable bonds is 4. The molecule has 2 amide bonds. The van der Waals surface area contributed by atoms with Gasteiger partial charge in [-0.25, -0.2) is 0 Å². The van der Waals surface area contributed by atoms with Crippen LogP contribution in [0.25, 0.3) is 0 Å². The number of nitrogens with one attached hydrogen (secondary N) is 1. The first-order chi connectivity index (χ1) is 14.9. The maximum Gasteiger partial charge on any atom is 0.254 e. The molecule has 1 N–H and O–H groups in total. The Hall–Kier alpha value is -3.16. The zero-order valence-corrected chi connectivity index (χ0v) is 18.2. The van der Waals surface area contributed by atoms with Crippen LogP contribution in [0.1, 0.15) is 20.3 Å². The summed E-state index contributed by atoms with van der Waals surface area (Å²) in [7, 11) is 1.61. The highest BCUT2D eigenvalue weighted by molar-refractivity contribution is 6.07. The zero-order chi connectivity index (χ0) is 22.1. The number of hydrogen-bond acceptors (Lipinski definition) is 6. The van der Waals surface area contributed by atoms with Gasteiger partial charge in [0, 0.05) is 67.1 Å². The second-order valence-corrected chi connectivity index (χ2v) is 8.31. The summed E-state index contributed by atoms with van der Waals surface area (Å²) >= 11 is 0. The van der Waals surface area contributed by atoms with E-state index in [0.29, 0.717) is 37.4 Å². The molecule has 1 saturated heterocycles. The molecule has 0 radical (unpaired) electrons. The molecule has 4 rings (SSSR count). The molecule has 4 atom stereocenters. The van der Waals surface area contributed by atoms with Crippen molar-refractivity contribution >= 4 is 24.2 Å². The van der Waals surface area contributed by atoms with E-state index in [1.165, 1.54) is 0 Å². The van der Waals surface area contributed by atoms with Gasteiger partial charge in [0.15, 0.2) is 0 Å². The Balaban J connectivity index is 1.46. The molecule has 31 heavy (non-hydrogen) atoms. The fraction of sp³-hybridized carbons (Fsp3) is 0.478. The third-order valence-electron chi connectivity index (χ3n) is 6.30. The number of nitrogens with zero attached hydrogens (tertiary/aromatic N) is 4. The molecular formula is C23H29N5O3. The van der Waals surface area contributed by atoms with Gasteiger partial charge < -0.3 is 19.9 Å². The largest absolute Gasteiger partial charge is 0.495 e. The van der Waals surface area contributed by atoms with E-state index in [9.17, 15) is 9.59 Å². The van der Waals surface area contributed by atoms with E-state index >= 15 is 0 Å². The molecular weight excluding hydrogens is 394 g/mol. The fourth-order valence-electron chi connectivity index (χ4n) is 4.52. The minimum Gasteiger partial charge on any atom is -0.495 e. The lowest BCUT2D eigenvalue weighted by Gasteiger charge is -2.41. The number of hydrogen-bond donors (Lipinski definition) is 1. The Bertz CT molecular complexity index is 945. The van der Waals surface area contributed by atoms with Crippen LogP contribution in [0.4, 0.5) is 0 Å². The van der Waals surface area contributed by atoms with Crippen LogP contribution in [-0.4, -0.2) is 85.0 Å². The summed E-state index contributed by atoms with van der Waals surface area (Å²) in [6, 6.07) is -0.435. The van der Waals surface area contributed by atoms with E-state index in [-0.39, 0.29) is 36.0 Å². The third kappa shape index (κ3) is 3.82. The molecule has 0 aromatic heterocycles. The van der Waals surface area contributed by atoms with Crippen LogP contribution in [0.15, 0.2) is 57.4 Å². The number of aliphatic imine (C=N–C) groups is 2. The van der Waals surface area contributed by atoms with Crippen molar-refractivity contribution < 1.29 is 14.3 Å². The van der Waals surface area contributed by atoms with Crippen molar-refractivity contribution in [3.63, 3.8) is 0 Å². The molecule has 4 aliphatic rings. The smallest absolute Gasteiger partial charge is 0.254 e. The molecule has 0 spiro atoms. The van der Waals surface area contributed by atoms with Gasteiger partial charge in [-0.1, -0.05) is 12.7 Å². The summed E-state index contributed by atoms with van der Waals surface area (Å²) in [5.41, 5.74) is 2.04. The summed E-state index contributed by atoms with van der Waals surface area (Å²) in [5.74, 6) is 0.567. The van der Waals surface area contributed by atoms with E-state index in [2.05, 4.69) is 21.9 Å². The molecule has 8 nitrogen and oxygen atoms in total. The Morgan fingerprint density at radius 2 is 2.06 bits per heavy atom. The third-order valence-corrected chi connectivity index (χ3v) is 6.30. The van der Waals surface area contributed by atoms with Gasteiger partial charge in [-0.15, -0.1) is 0 Å². The topological polar surface area (TPSA) is 86.6 Å². The second-order valence-electron chi connectivity index (χ2n) is 8.31. The first-order valence-electron chi connectivity index (χ1n) is 10.7. The number of allylic oxidation sites excluding steroid dienone is 1. The van der Waals surface area contributed by atoms with Crippen LogP contribution in [0.2, 0.25) is 0 Å². The molecule has 4 unspecified atom stereocenters. The van der Waals surface area contributed by atoms with Crippen molar-refractivity contribution in [3.8, 4) is 0 Å². The first kappa shape index (κ1) is 21.1. The average Bonchev–Trinajstić information content (AvgIpc) is 3.24. The van der Waals surface area contributed by atoms with Gasteiger partial charge in [0.05, 0.1) is 13.2 Å². The molecule has 0 aromatic rings. The number of ether oxygens (including phenoxy) is 1. The molecule has 4 aliphatic heterocycles. The number of piperazine rings is 1. The molecule has 0 saturated carbocycles. The molecule has 164 valence electrons. The SMILES string of the molecule is C=C(C(=O)N1CCN(C(=O)C2CC=CC=N2)C(C)C1)C1=C2C(OC)=CNC(C)C2N=C1. The fourth-order valence-corrected chi connectivity index (χ4v) is 4.52. The average molecular weight is 424 g/mol. The van der Waals surface area contributed by atoms with Crippen LogP contribution in [-0.2, 0) is 14.3 Å². The summed E-state index contributed by atoms with van der Waals surface area (Å²) in [4.78, 5) is 38.6. The van der Waals surface area contributed by atoms with Crippen molar-refractivity contribution in [2.24, 2.45) is 9.98 Å². The van der Waals surface area contributed by atoms with Crippen LogP contribution in [0.5, 0.6) is 0 Å². The molecule has 0 aromatic carbocycles. The minimum absolute atomic E-state index is 0.0216. The zero-order valence-electron chi connectivity index (χ0n) is 18.2. The van der Waals surface area contributed by atoms with Gasteiger partial charge in [-0.2, -0.15) is 0 Å². The van der Waals surface area contributed by atoms with Crippen molar-refractivity contribution in [3.05, 3.63) is 47.4 Å². The maximum atomic E-state index is 13.3. The van der Waals surface area contributed by atoms with Crippen molar-refractivity contribution in [1.82, 2.24) is 15.1 Å². The molecule has 0 bridgehead atoms. The summed E-state index contributed by atoms with van der Waals surface area (Å²) < 4.78 is 5.51. The van der Waals surface area contributed by atoms with Gasteiger partial charge in [0.25, 0.3) is 5.91 Å². The molecule has 4 heterocycles. The monoisotopic (exact) mass is 423 g/mol. The highest BCUT2D eigenvalue weighted by Crippen LogP contribution is 2.34. The number of methoxy groups -OCH3 is 1. The van der Waals surface area contributed by atoms with Gasteiger partial charge in [-0.05, 0) is 26.3 Å². The van der Waals surface area contributed by atoms with Gasteiger partial charge in [0.1, 0.15) is 11.8 Å². The predicted octanol–water partition coefficient (Wildman–Crippen LogP) is 1.23. The number of fused-ring (bicyclic) bond motifs is 1. The highest BCUT2D eigenvalue weighted by Gasteiger charge is 2.38. The normalized spacial score (nSPS) is 29.5. The Morgan fingerprint density at radius 1 is 1.26 bits per heavy atom. The molecule has 0 aliphatic carbocycles. The van der Waals surface area contributed by atoms with Crippen LogP contribution in [0.3, 0.4) is 0 Å². The maximum absolute atomic E-state index is 13.3. The van der Waals surface area contributed by atoms with E-state index in [1.807, 2.05) is 37.1 Å². The summed E-state index contributed by atoms with van der Waals surface area (Å²) in [6.07, 6.45) is 9.66. The van der Waals surface area contributed by atoms with Gasteiger partial charge in [0.2, 0.25) is 5.91 Å². The van der Waals surface area contributed by atoms with Gasteiger partial charge in [-0.3, -0.25) is 19.6 Å². The lowest BCUT2D eigenvalue weighted by Crippen LogP contribution is -2.57. The number of amides is 2. The second kappa shape index (κ2) is 8.53. The van der Waals surface area contributed by atoms with E-state index in [0.717, 1.165) is 11.1 Å².